The zero-order valence-electron chi connectivity index (χ0n) is 18.8. The number of halogens is 1. The Kier molecular flexibility index (Phi) is 6.29. The van der Waals surface area contributed by atoms with Gasteiger partial charge in [0.05, 0.1) is 28.5 Å². The van der Waals surface area contributed by atoms with Crippen molar-refractivity contribution >= 4 is 29.1 Å². The molecule has 0 amide bonds. The van der Waals surface area contributed by atoms with Crippen LogP contribution in [0, 0.1) is 5.82 Å². The van der Waals surface area contributed by atoms with Crippen LogP contribution in [0.25, 0.3) is 6.08 Å². The minimum Gasteiger partial charge on any atom is -0.463 e. The molecule has 2 aromatic carbocycles. The van der Waals surface area contributed by atoms with Crippen LogP contribution in [0.2, 0.25) is 0 Å². The molecule has 170 valence electrons. The summed E-state index contributed by atoms with van der Waals surface area (Å²) >= 11 is 1.24. The minimum atomic E-state index is -0.660. The molecule has 0 spiro atoms. The number of carbonyl (C=O) groups excluding carboxylic acids is 1. The number of esters is 1. The van der Waals surface area contributed by atoms with E-state index in [2.05, 4.69) is 4.99 Å². The van der Waals surface area contributed by atoms with Gasteiger partial charge >= 0.3 is 5.97 Å². The van der Waals surface area contributed by atoms with Crippen LogP contribution >= 0.6 is 11.3 Å². The quantitative estimate of drug-likeness (QED) is 0.544. The molecule has 0 saturated carbocycles. The summed E-state index contributed by atoms with van der Waals surface area (Å²) in [6.45, 7) is 3.72. The second-order valence-corrected chi connectivity index (χ2v) is 8.85. The number of benzene rings is 2. The van der Waals surface area contributed by atoms with Gasteiger partial charge in [-0.3, -0.25) is 9.36 Å². The van der Waals surface area contributed by atoms with Gasteiger partial charge in [-0.15, -0.1) is 0 Å². The fourth-order valence-corrected chi connectivity index (χ4v) is 4.82. The number of hydrogen-bond donors (Lipinski definition) is 0. The summed E-state index contributed by atoms with van der Waals surface area (Å²) in [6.07, 6.45) is 1.71. The highest BCUT2D eigenvalue weighted by atomic mass is 32.1. The normalized spacial score (nSPS) is 15.8. The lowest BCUT2D eigenvalue weighted by Gasteiger charge is -2.25. The Labute approximate surface area is 194 Å². The van der Waals surface area contributed by atoms with Gasteiger partial charge < -0.3 is 9.64 Å². The average molecular weight is 466 g/mol. The van der Waals surface area contributed by atoms with Crippen molar-refractivity contribution in [2.75, 3.05) is 25.6 Å². The molecule has 0 radical (unpaired) electrons. The molecule has 0 saturated heterocycles. The summed E-state index contributed by atoms with van der Waals surface area (Å²) in [5.74, 6) is -0.835. The van der Waals surface area contributed by atoms with Crippen molar-refractivity contribution in [1.82, 2.24) is 4.57 Å². The lowest BCUT2D eigenvalue weighted by atomic mass is 9.95. The molecule has 3 aromatic rings. The van der Waals surface area contributed by atoms with E-state index in [-0.39, 0.29) is 18.0 Å². The molecule has 0 N–H and O–H groups in total. The molecule has 0 fully saturated rings. The van der Waals surface area contributed by atoms with E-state index in [4.69, 9.17) is 4.74 Å². The number of rotatable bonds is 5. The van der Waals surface area contributed by atoms with Crippen LogP contribution in [0.5, 0.6) is 0 Å². The molecule has 1 aromatic heterocycles. The van der Waals surface area contributed by atoms with Gasteiger partial charge in [0.2, 0.25) is 0 Å². The highest BCUT2D eigenvalue weighted by Gasteiger charge is 2.33. The van der Waals surface area contributed by atoms with Crippen LogP contribution in [0.1, 0.15) is 31.0 Å². The summed E-state index contributed by atoms with van der Waals surface area (Å²) in [5.41, 5.74) is 3.09. The highest BCUT2D eigenvalue weighted by molar-refractivity contribution is 7.07. The Morgan fingerprint density at radius 2 is 1.85 bits per heavy atom. The maximum absolute atomic E-state index is 13.5. The number of hydrogen-bond acceptors (Lipinski definition) is 6. The first kappa shape index (κ1) is 22.7. The summed E-state index contributed by atoms with van der Waals surface area (Å²) in [4.78, 5) is 33.5. The maximum Gasteiger partial charge on any atom is 0.338 e. The number of allylic oxidation sites excluding steroid dienone is 1. The van der Waals surface area contributed by atoms with Crippen molar-refractivity contribution in [3.63, 3.8) is 0 Å². The zero-order valence-corrected chi connectivity index (χ0v) is 19.6. The lowest BCUT2D eigenvalue weighted by Crippen LogP contribution is -2.39. The van der Waals surface area contributed by atoms with Crippen molar-refractivity contribution in [3.05, 3.63) is 96.4 Å². The maximum atomic E-state index is 13.5. The highest BCUT2D eigenvalue weighted by Crippen LogP contribution is 2.31. The molecule has 33 heavy (non-hydrogen) atoms. The van der Waals surface area contributed by atoms with E-state index < -0.39 is 12.0 Å². The minimum absolute atomic E-state index is 0.219. The molecular formula is C25H24FN3O3S. The summed E-state index contributed by atoms with van der Waals surface area (Å²) in [6, 6.07) is 13.0. The summed E-state index contributed by atoms with van der Waals surface area (Å²) in [7, 11) is 3.89. The Balaban J connectivity index is 1.92. The van der Waals surface area contributed by atoms with Crippen molar-refractivity contribution in [1.29, 1.82) is 0 Å². The van der Waals surface area contributed by atoms with Gasteiger partial charge in [0.25, 0.3) is 5.56 Å². The van der Waals surface area contributed by atoms with Gasteiger partial charge in [-0.05, 0) is 55.3 Å². The van der Waals surface area contributed by atoms with Crippen LogP contribution in [-0.2, 0) is 9.53 Å². The van der Waals surface area contributed by atoms with E-state index in [1.807, 2.05) is 43.3 Å². The fourth-order valence-electron chi connectivity index (χ4n) is 3.77. The van der Waals surface area contributed by atoms with Crippen molar-refractivity contribution in [2.45, 2.75) is 19.9 Å². The van der Waals surface area contributed by atoms with Crippen molar-refractivity contribution in [3.8, 4) is 0 Å². The third kappa shape index (κ3) is 4.39. The largest absolute Gasteiger partial charge is 0.463 e. The smallest absolute Gasteiger partial charge is 0.338 e. The molecule has 4 rings (SSSR count). The van der Waals surface area contributed by atoms with E-state index >= 15 is 0 Å². The van der Waals surface area contributed by atoms with Gasteiger partial charge in [0, 0.05) is 19.8 Å². The topological polar surface area (TPSA) is 63.9 Å². The number of aromatic nitrogens is 1. The number of anilines is 1. The second-order valence-electron chi connectivity index (χ2n) is 7.84. The number of nitrogens with zero attached hydrogens (tertiary/aromatic N) is 3. The summed E-state index contributed by atoms with van der Waals surface area (Å²) in [5, 5.41) is 0. The molecule has 0 bridgehead atoms. The zero-order chi connectivity index (χ0) is 23.7. The molecule has 1 aliphatic rings. The SMILES string of the molecule is CCOC(=O)C1=C(C)N=c2sc(=Cc3ccc(F)cc3)c(=O)n2C1c1ccc(N(C)C)cc1. The molecule has 2 heterocycles. The van der Waals surface area contributed by atoms with Gasteiger partial charge in [-0.25, -0.2) is 14.2 Å². The van der Waals surface area contributed by atoms with Crippen molar-refractivity contribution in [2.24, 2.45) is 4.99 Å². The first-order chi connectivity index (χ1) is 15.8. The number of thiazole rings is 1. The Morgan fingerprint density at radius 3 is 2.45 bits per heavy atom. The Bertz CT molecular complexity index is 1400. The average Bonchev–Trinajstić information content (AvgIpc) is 3.09. The first-order valence-corrected chi connectivity index (χ1v) is 11.3. The Hall–Kier alpha value is -3.52. The van der Waals surface area contributed by atoms with Gasteiger partial charge in [0.15, 0.2) is 4.80 Å². The third-order valence-electron chi connectivity index (χ3n) is 5.41. The Morgan fingerprint density at radius 1 is 1.18 bits per heavy atom. The summed E-state index contributed by atoms with van der Waals surface area (Å²) < 4.78 is 20.6. The third-order valence-corrected chi connectivity index (χ3v) is 6.39. The van der Waals surface area contributed by atoms with Gasteiger partial charge in [-0.2, -0.15) is 0 Å². The number of carbonyl (C=O) groups is 1. The molecular weight excluding hydrogens is 441 g/mol. The molecule has 1 aliphatic heterocycles. The second kappa shape index (κ2) is 9.15. The van der Waals surface area contributed by atoms with Crippen LogP contribution in [0.15, 0.2) is 69.6 Å². The van der Waals surface area contributed by atoms with Crippen LogP contribution < -0.4 is 19.8 Å². The molecule has 8 heteroatoms. The lowest BCUT2D eigenvalue weighted by molar-refractivity contribution is -0.139. The monoisotopic (exact) mass is 465 g/mol. The van der Waals surface area contributed by atoms with Crippen LogP contribution in [-0.4, -0.2) is 31.2 Å². The van der Waals surface area contributed by atoms with Gasteiger partial charge in [0.1, 0.15) is 5.82 Å². The van der Waals surface area contributed by atoms with Gasteiger partial charge in [-0.1, -0.05) is 35.6 Å². The number of ether oxygens (including phenoxy) is 1. The predicted octanol–water partition coefficient (Wildman–Crippen LogP) is 3.00. The molecule has 1 unspecified atom stereocenters. The van der Waals surface area contributed by atoms with E-state index in [1.165, 1.54) is 23.5 Å². The standard InChI is InChI=1S/C25H24FN3O3S/c1-5-32-24(31)21-15(2)27-25-29(22(21)17-8-12-19(13-9-17)28(3)4)23(30)20(33-25)14-16-6-10-18(26)11-7-16/h6-14,22H,5H2,1-4H3. The fraction of sp³-hybridized carbons (Fsp3) is 0.240. The molecule has 0 aliphatic carbocycles. The molecule has 1 atom stereocenters. The number of fused-ring (bicyclic) bond motifs is 1. The van der Waals surface area contributed by atoms with E-state index in [1.54, 1.807) is 36.6 Å². The predicted molar refractivity (Wildman–Crippen MR) is 128 cm³/mol. The van der Waals surface area contributed by atoms with E-state index in [0.717, 1.165) is 11.3 Å². The van der Waals surface area contributed by atoms with Crippen LogP contribution in [0.4, 0.5) is 10.1 Å². The first-order valence-electron chi connectivity index (χ1n) is 10.5. The van der Waals surface area contributed by atoms with Crippen LogP contribution in [0.3, 0.4) is 0 Å². The van der Waals surface area contributed by atoms with Crippen molar-refractivity contribution < 1.29 is 13.9 Å². The molecule has 6 nitrogen and oxygen atoms in total. The van der Waals surface area contributed by atoms with E-state index in [0.29, 0.717) is 26.2 Å². The van der Waals surface area contributed by atoms with E-state index in [9.17, 15) is 14.0 Å².